The molecule has 0 aliphatic carbocycles. The summed E-state index contributed by atoms with van der Waals surface area (Å²) >= 11 is 0. The third-order valence-corrected chi connectivity index (χ3v) is 2.92. The fourth-order valence-electron chi connectivity index (χ4n) is 1.80. The van der Waals surface area contributed by atoms with Gasteiger partial charge in [-0.1, -0.05) is 19.9 Å². The number of benzene rings is 1. The fourth-order valence-corrected chi connectivity index (χ4v) is 1.80. The molecule has 0 bridgehead atoms. The molecule has 0 aliphatic rings. The van der Waals surface area contributed by atoms with Gasteiger partial charge in [0.2, 0.25) is 0 Å². The molecule has 1 heterocycles. The zero-order valence-electron chi connectivity index (χ0n) is 11.2. The van der Waals surface area contributed by atoms with Crippen molar-refractivity contribution in [1.29, 1.82) is 0 Å². The molecular weight excluding hydrogens is 228 g/mol. The highest BCUT2D eigenvalue weighted by Crippen LogP contribution is 2.17. The second kappa shape index (κ2) is 5.08. The molecule has 2 N–H and O–H groups in total. The zero-order chi connectivity index (χ0) is 13.2. The predicted octanol–water partition coefficient (Wildman–Crippen LogP) is 2.24. The molecule has 0 radical (unpaired) electrons. The third-order valence-electron chi connectivity index (χ3n) is 2.92. The van der Waals surface area contributed by atoms with Crippen LogP contribution in [0.5, 0.6) is 0 Å². The number of fused-ring (bicyclic) bond motifs is 1. The van der Waals surface area contributed by atoms with E-state index in [-0.39, 0.29) is 12.0 Å². The molecule has 0 atom stereocenters. The van der Waals surface area contributed by atoms with Gasteiger partial charge in [-0.05, 0) is 17.7 Å². The van der Waals surface area contributed by atoms with Crippen LogP contribution >= 0.6 is 0 Å². The van der Waals surface area contributed by atoms with Crippen molar-refractivity contribution in [3.63, 3.8) is 0 Å². The van der Waals surface area contributed by atoms with Gasteiger partial charge >= 0.3 is 0 Å². The van der Waals surface area contributed by atoms with E-state index >= 15 is 0 Å². The number of nitrogens with one attached hydrogen (secondary N) is 1. The average molecular weight is 248 g/mol. The van der Waals surface area contributed by atoms with Crippen molar-refractivity contribution in [2.24, 2.45) is 5.41 Å². The van der Waals surface area contributed by atoms with Gasteiger partial charge in [0.15, 0.2) is 11.5 Å². The quantitative estimate of drug-likeness (QED) is 0.852. The molecule has 0 spiro atoms. The molecule has 0 saturated carbocycles. The van der Waals surface area contributed by atoms with E-state index in [1.54, 1.807) is 0 Å². The van der Waals surface area contributed by atoms with Crippen molar-refractivity contribution >= 4 is 11.1 Å². The number of aryl methyl sites for hydroxylation is 1. The van der Waals surface area contributed by atoms with Gasteiger partial charge in [0, 0.05) is 32.0 Å². The zero-order valence-corrected chi connectivity index (χ0v) is 11.2. The van der Waals surface area contributed by atoms with E-state index in [1.807, 2.05) is 39.0 Å². The molecule has 4 nitrogen and oxygen atoms in total. The highest BCUT2D eigenvalue weighted by molar-refractivity contribution is 5.73. The van der Waals surface area contributed by atoms with Gasteiger partial charge in [-0.2, -0.15) is 0 Å². The summed E-state index contributed by atoms with van der Waals surface area (Å²) < 4.78 is 5.50. The Morgan fingerprint density at radius 1 is 1.39 bits per heavy atom. The number of hydrogen-bond donors (Lipinski definition) is 2. The second-order valence-electron chi connectivity index (χ2n) is 5.46. The van der Waals surface area contributed by atoms with Crippen molar-refractivity contribution in [1.82, 2.24) is 10.3 Å². The maximum atomic E-state index is 9.17. The van der Waals surface area contributed by atoms with E-state index in [0.29, 0.717) is 5.89 Å². The number of nitrogens with zero attached hydrogens (tertiary/aromatic N) is 1. The molecule has 4 heteroatoms. The highest BCUT2D eigenvalue weighted by Gasteiger charge is 2.15. The topological polar surface area (TPSA) is 58.3 Å². The van der Waals surface area contributed by atoms with Crippen LogP contribution in [0.2, 0.25) is 0 Å². The fraction of sp³-hybridized carbons (Fsp3) is 0.500. The first-order valence-electron chi connectivity index (χ1n) is 6.18. The first kappa shape index (κ1) is 13.1. The van der Waals surface area contributed by atoms with Crippen LogP contribution in [0.1, 0.15) is 25.3 Å². The Kier molecular flexibility index (Phi) is 3.68. The Morgan fingerprint density at radius 2 is 2.17 bits per heavy atom. The normalized spacial score (nSPS) is 12.2. The van der Waals surface area contributed by atoms with Crippen LogP contribution in [0, 0.1) is 12.3 Å². The van der Waals surface area contributed by atoms with E-state index < -0.39 is 0 Å². The molecule has 1 aromatic heterocycles. The molecule has 1 aromatic carbocycles. The average Bonchev–Trinajstić information content (AvgIpc) is 2.68. The summed E-state index contributed by atoms with van der Waals surface area (Å²) in [5.41, 5.74) is 2.79. The number of oxazole rings is 1. The lowest BCUT2D eigenvalue weighted by Crippen LogP contribution is -2.31. The lowest BCUT2D eigenvalue weighted by Gasteiger charge is -2.21. The summed E-state index contributed by atoms with van der Waals surface area (Å²) in [6.45, 7) is 7.63. The first-order valence-corrected chi connectivity index (χ1v) is 6.18. The van der Waals surface area contributed by atoms with Gasteiger partial charge in [-0.15, -0.1) is 0 Å². The maximum absolute atomic E-state index is 9.17. The molecule has 18 heavy (non-hydrogen) atoms. The number of aliphatic hydroxyl groups excluding tert-OH is 1. The van der Waals surface area contributed by atoms with E-state index in [1.165, 1.54) is 0 Å². The van der Waals surface area contributed by atoms with Crippen molar-refractivity contribution in [2.75, 3.05) is 13.2 Å². The minimum Gasteiger partial charge on any atom is -0.441 e. The second-order valence-corrected chi connectivity index (χ2v) is 5.46. The van der Waals surface area contributed by atoms with Gasteiger partial charge < -0.3 is 14.8 Å². The molecule has 2 rings (SSSR count). The summed E-state index contributed by atoms with van der Waals surface area (Å²) in [5.74, 6) is 0.691. The Labute approximate surface area is 107 Å². The molecule has 0 unspecified atom stereocenters. The molecule has 2 aromatic rings. The van der Waals surface area contributed by atoms with Crippen LogP contribution in [0.3, 0.4) is 0 Å². The van der Waals surface area contributed by atoms with Crippen molar-refractivity contribution in [2.45, 2.75) is 27.3 Å². The van der Waals surface area contributed by atoms with Gasteiger partial charge in [0.25, 0.3) is 0 Å². The van der Waals surface area contributed by atoms with Crippen molar-refractivity contribution in [3.05, 3.63) is 29.7 Å². The lowest BCUT2D eigenvalue weighted by atomic mass is 9.95. The number of rotatable bonds is 5. The SMILES string of the molecule is Cc1nc2ccc(CNCC(C)(C)CO)cc2o1. The third kappa shape index (κ3) is 3.09. The van der Waals surface area contributed by atoms with Gasteiger partial charge in [0.1, 0.15) is 5.52 Å². The summed E-state index contributed by atoms with van der Waals surface area (Å²) in [5, 5.41) is 12.5. The number of aromatic nitrogens is 1. The standard InChI is InChI=1S/C14H20N2O2/c1-10-16-12-5-4-11(6-13(12)18-10)7-15-8-14(2,3)9-17/h4-6,15,17H,7-9H2,1-3H3. The first-order chi connectivity index (χ1) is 8.50. The monoisotopic (exact) mass is 248 g/mol. The van der Waals surface area contributed by atoms with Crippen molar-refractivity contribution < 1.29 is 9.52 Å². The largest absolute Gasteiger partial charge is 0.441 e. The van der Waals surface area contributed by atoms with Crippen LogP contribution in [-0.2, 0) is 6.54 Å². The van der Waals surface area contributed by atoms with Gasteiger partial charge in [-0.25, -0.2) is 4.98 Å². The molecule has 0 aliphatic heterocycles. The van der Waals surface area contributed by atoms with Crippen LogP contribution in [0.25, 0.3) is 11.1 Å². The Bertz CT molecular complexity index is 532. The summed E-state index contributed by atoms with van der Waals surface area (Å²) in [6, 6.07) is 6.03. The minimum atomic E-state index is -0.0904. The van der Waals surface area contributed by atoms with E-state index in [4.69, 9.17) is 4.42 Å². The molecule has 0 amide bonds. The van der Waals surface area contributed by atoms with Crippen LogP contribution < -0.4 is 5.32 Å². The predicted molar refractivity (Wildman–Crippen MR) is 71.3 cm³/mol. The molecule has 98 valence electrons. The Hall–Kier alpha value is -1.39. The summed E-state index contributed by atoms with van der Waals surface area (Å²) in [6.07, 6.45) is 0. The van der Waals surface area contributed by atoms with Crippen LogP contribution in [-0.4, -0.2) is 23.2 Å². The Morgan fingerprint density at radius 3 is 2.89 bits per heavy atom. The summed E-state index contributed by atoms with van der Waals surface area (Å²) in [4.78, 5) is 4.27. The Balaban J connectivity index is 1.99. The van der Waals surface area contributed by atoms with E-state index in [2.05, 4.69) is 10.3 Å². The molecule has 0 fully saturated rings. The van der Waals surface area contributed by atoms with E-state index in [0.717, 1.165) is 29.8 Å². The molecule has 0 saturated heterocycles. The van der Waals surface area contributed by atoms with Crippen LogP contribution in [0.4, 0.5) is 0 Å². The van der Waals surface area contributed by atoms with Crippen LogP contribution in [0.15, 0.2) is 22.6 Å². The van der Waals surface area contributed by atoms with E-state index in [9.17, 15) is 5.11 Å². The van der Waals surface area contributed by atoms with Crippen molar-refractivity contribution in [3.8, 4) is 0 Å². The number of hydrogen-bond acceptors (Lipinski definition) is 4. The highest BCUT2D eigenvalue weighted by atomic mass is 16.3. The molecular formula is C14H20N2O2. The maximum Gasteiger partial charge on any atom is 0.192 e. The minimum absolute atomic E-state index is 0.0904. The number of aliphatic hydroxyl groups is 1. The van der Waals surface area contributed by atoms with Gasteiger partial charge in [-0.3, -0.25) is 0 Å². The smallest absolute Gasteiger partial charge is 0.192 e. The lowest BCUT2D eigenvalue weighted by molar-refractivity contribution is 0.156. The summed E-state index contributed by atoms with van der Waals surface area (Å²) in [7, 11) is 0. The van der Waals surface area contributed by atoms with Gasteiger partial charge in [0.05, 0.1) is 0 Å².